The van der Waals surface area contributed by atoms with Gasteiger partial charge in [-0.3, -0.25) is 0 Å². The Kier molecular flexibility index (Phi) is 6.02. The van der Waals surface area contributed by atoms with E-state index in [9.17, 15) is 8.42 Å². The molecule has 0 unspecified atom stereocenters. The Hall–Kier alpha value is -1.11. The molecule has 1 fully saturated rings. The van der Waals surface area contributed by atoms with Crippen LogP contribution in [0.4, 0.5) is 0 Å². The summed E-state index contributed by atoms with van der Waals surface area (Å²) in [5.41, 5.74) is 0. The largest absolute Gasteiger partial charge is 0.492 e. The van der Waals surface area contributed by atoms with Crippen molar-refractivity contribution in [2.45, 2.75) is 31.1 Å². The molecule has 0 saturated carbocycles. The second-order valence-corrected chi connectivity index (χ2v) is 7.08. The van der Waals surface area contributed by atoms with E-state index in [2.05, 4.69) is 10.0 Å². The average molecular weight is 312 g/mol. The van der Waals surface area contributed by atoms with Crippen LogP contribution in [0.3, 0.4) is 0 Å². The topological polar surface area (TPSA) is 67.4 Å². The van der Waals surface area contributed by atoms with Gasteiger partial charge in [-0.1, -0.05) is 19.1 Å². The van der Waals surface area contributed by atoms with Crippen LogP contribution in [-0.2, 0) is 10.0 Å². The van der Waals surface area contributed by atoms with Gasteiger partial charge < -0.3 is 10.1 Å². The van der Waals surface area contributed by atoms with Crippen LogP contribution in [0.1, 0.15) is 26.2 Å². The summed E-state index contributed by atoms with van der Waals surface area (Å²) in [5.74, 6) is 0.935. The van der Waals surface area contributed by atoms with Crippen molar-refractivity contribution in [2.24, 2.45) is 5.92 Å². The van der Waals surface area contributed by atoms with Gasteiger partial charge in [0.05, 0.1) is 6.61 Å². The SMILES string of the molecule is CCCNS(=O)(=O)c1ccccc1OCC1CCNCC1. The van der Waals surface area contributed by atoms with E-state index in [4.69, 9.17) is 4.74 Å². The molecule has 1 aromatic rings. The summed E-state index contributed by atoms with van der Waals surface area (Å²) in [4.78, 5) is 0.229. The fourth-order valence-corrected chi connectivity index (χ4v) is 3.64. The number of ether oxygens (including phenoxy) is 1. The Morgan fingerprint density at radius 3 is 2.71 bits per heavy atom. The van der Waals surface area contributed by atoms with Crippen molar-refractivity contribution in [3.05, 3.63) is 24.3 Å². The second kappa shape index (κ2) is 7.77. The lowest BCUT2D eigenvalue weighted by molar-refractivity contribution is 0.211. The summed E-state index contributed by atoms with van der Waals surface area (Å²) < 4.78 is 32.9. The van der Waals surface area contributed by atoms with Crippen molar-refractivity contribution >= 4 is 10.0 Å². The zero-order valence-corrected chi connectivity index (χ0v) is 13.3. The van der Waals surface area contributed by atoms with Crippen molar-refractivity contribution < 1.29 is 13.2 Å². The maximum absolute atomic E-state index is 12.3. The van der Waals surface area contributed by atoms with Gasteiger partial charge in [0, 0.05) is 6.54 Å². The highest BCUT2D eigenvalue weighted by atomic mass is 32.2. The van der Waals surface area contributed by atoms with Gasteiger partial charge in [0.25, 0.3) is 0 Å². The van der Waals surface area contributed by atoms with Crippen molar-refractivity contribution in [1.29, 1.82) is 0 Å². The lowest BCUT2D eigenvalue weighted by atomic mass is 9.99. The quantitative estimate of drug-likeness (QED) is 0.805. The first-order chi connectivity index (χ1) is 10.1. The maximum atomic E-state index is 12.3. The third-order valence-electron chi connectivity index (χ3n) is 3.61. The average Bonchev–Trinajstić information content (AvgIpc) is 2.52. The first kappa shape index (κ1) is 16.3. The fourth-order valence-electron chi connectivity index (χ4n) is 2.36. The van der Waals surface area contributed by atoms with E-state index in [0.717, 1.165) is 32.4 Å². The van der Waals surface area contributed by atoms with Gasteiger partial charge in [-0.2, -0.15) is 0 Å². The van der Waals surface area contributed by atoms with Crippen LogP contribution >= 0.6 is 0 Å². The Morgan fingerprint density at radius 2 is 2.00 bits per heavy atom. The summed E-state index contributed by atoms with van der Waals surface area (Å²) in [6.07, 6.45) is 2.91. The van der Waals surface area contributed by atoms with Crippen molar-refractivity contribution in [1.82, 2.24) is 10.0 Å². The Bertz CT molecular complexity index is 540. The number of rotatable bonds is 7. The minimum absolute atomic E-state index is 0.229. The molecule has 2 N–H and O–H groups in total. The second-order valence-electron chi connectivity index (χ2n) is 5.35. The number of hydrogen-bond acceptors (Lipinski definition) is 4. The van der Waals surface area contributed by atoms with E-state index >= 15 is 0 Å². The first-order valence-electron chi connectivity index (χ1n) is 7.55. The lowest BCUT2D eigenvalue weighted by Gasteiger charge is -2.23. The van der Waals surface area contributed by atoms with E-state index in [1.54, 1.807) is 24.3 Å². The third-order valence-corrected chi connectivity index (χ3v) is 5.11. The Morgan fingerprint density at radius 1 is 1.29 bits per heavy atom. The molecule has 0 spiro atoms. The summed E-state index contributed by atoms with van der Waals surface area (Å²) in [6.45, 7) is 4.95. The molecule has 2 rings (SSSR count). The molecule has 1 aromatic carbocycles. The molecule has 1 aliphatic heterocycles. The van der Waals surface area contributed by atoms with Crippen molar-refractivity contribution in [3.63, 3.8) is 0 Å². The molecule has 0 bridgehead atoms. The zero-order valence-electron chi connectivity index (χ0n) is 12.5. The van der Waals surface area contributed by atoms with Gasteiger partial charge >= 0.3 is 0 Å². The molecule has 0 radical (unpaired) electrons. The van der Waals surface area contributed by atoms with E-state index in [1.807, 2.05) is 6.92 Å². The highest BCUT2D eigenvalue weighted by molar-refractivity contribution is 7.89. The predicted molar refractivity (Wildman–Crippen MR) is 83.0 cm³/mol. The van der Waals surface area contributed by atoms with Crippen LogP contribution in [0.5, 0.6) is 5.75 Å². The molecule has 1 saturated heterocycles. The minimum atomic E-state index is -3.49. The molecule has 118 valence electrons. The third kappa shape index (κ3) is 4.69. The van der Waals surface area contributed by atoms with Gasteiger partial charge in [0.15, 0.2) is 0 Å². The summed E-state index contributed by atoms with van der Waals surface area (Å²) in [5, 5.41) is 3.31. The molecule has 1 heterocycles. The summed E-state index contributed by atoms with van der Waals surface area (Å²) >= 11 is 0. The molecular formula is C15H24N2O3S. The van der Waals surface area contributed by atoms with Crippen LogP contribution in [0.15, 0.2) is 29.2 Å². The monoisotopic (exact) mass is 312 g/mol. The molecule has 21 heavy (non-hydrogen) atoms. The van der Waals surface area contributed by atoms with Gasteiger partial charge in [-0.25, -0.2) is 13.1 Å². The number of sulfonamides is 1. The summed E-state index contributed by atoms with van der Waals surface area (Å²) in [6, 6.07) is 6.84. The van der Waals surface area contributed by atoms with Gasteiger partial charge in [-0.15, -0.1) is 0 Å². The highest BCUT2D eigenvalue weighted by Crippen LogP contribution is 2.24. The van der Waals surface area contributed by atoms with Crippen LogP contribution in [0.25, 0.3) is 0 Å². The number of nitrogens with one attached hydrogen (secondary N) is 2. The fraction of sp³-hybridized carbons (Fsp3) is 0.600. The number of piperidine rings is 1. The van der Waals surface area contributed by atoms with Crippen LogP contribution in [-0.4, -0.2) is 34.7 Å². The zero-order chi connectivity index (χ0) is 15.1. The molecule has 0 amide bonds. The number of hydrogen-bond donors (Lipinski definition) is 2. The molecule has 0 aliphatic carbocycles. The predicted octanol–water partition coefficient (Wildman–Crippen LogP) is 1.75. The van der Waals surface area contributed by atoms with Crippen molar-refractivity contribution in [3.8, 4) is 5.75 Å². The number of para-hydroxylation sites is 1. The Balaban J connectivity index is 2.05. The molecular weight excluding hydrogens is 288 g/mol. The van der Waals surface area contributed by atoms with Gasteiger partial charge in [0.2, 0.25) is 10.0 Å². The van der Waals surface area contributed by atoms with Crippen LogP contribution < -0.4 is 14.8 Å². The van der Waals surface area contributed by atoms with E-state index in [1.165, 1.54) is 0 Å². The minimum Gasteiger partial charge on any atom is -0.492 e. The van der Waals surface area contributed by atoms with E-state index in [-0.39, 0.29) is 4.90 Å². The van der Waals surface area contributed by atoms with Crippen LogP contribution in [0.2, 0.25) is 0 Å². The molecule has 0 atom stereocenters. The highest BCUT2D eigenvalue weighted by Gasteiger charge is 2.20. The van der Waals surface area contributed by atoms with E-state index in [0.29, 0.717) is 24.8 Å². The Labute approximate surface area is 127 Å². The van der Waals surface area contributed by atoms with Crippen molar-refractivity contribution in [2.75, 3.05) is 26.2 Å². The maximum Gasteiger partial charge on any atom is 0.244 e. The van der Waals surface area contributed by atoms with Crippen LogP contribution in [0, 0.1) is 5.92 Å². The molecule has 0 aromatic heterocycles. The van der Waals surface area contributed by atoms with Gasteiger partial charge in [0.1, 0.15) is 10.6 Å². The molecule has 6 heteroatoms. The first-order valence-corrected chi connectivity index (χ1v) is 9.04. The normalized spacial score (nSPS) is 16.8. The summed E-state index contributed by atoms with van der Waals surface area (Å²) in [7, 11) is -3.49. The van der Waals surface area contributed by atoms with Gasteiger partial charge in [-0.05, 0) is 50.4 Å². The smallest absolute Gasteiger partial charge is 0.244 e. The standard InChI is InChI=1S/C15H24N2O3S/c1-2-9-17-21(18,19)15-6-4-3-5-14(15)20-12-13-7-10-16-11-8-13/h3-6,13,16-17H,2,7-12H2,1H3. The molecule has 5 nitrogen and oxygen atoms in total. The lowest BCUT2D eigenvalue weighted by Crippen LogP contribution is -2.31. The van der Waals surface area contributed by atoms with E-state index < -0.39 is 10.0 Å². The number of benzene rings is 1. The molecule has 1 aliphatic rings.